The molecule has 0 bridgehead atoms. The van der Waals surface area contributed by atoms with Crippen LogP contribution >= 0.6 is 12.4 Å². The van der Waals surface area contributed by atoms with E-state index in [1.54, 1.807) is 0 Å². The van der Waals surface area contributed by atoms with Crippen LogP contribution in [0.1, 0.15) is 25.3 Å². The molecule has 0 amide bonds. The number of halogens is 5. The number of benzene rings is 1. The van der Waals surface area contributed by atoms with Crippen molar-refractivity contribution >= 4 is 30.0 Å². The van der Waals surface area contributed by atoms with Gasteiger partial charge in [0.15, 0.2) is 5.96 Å². The Balaban J connectivity index is 0.00000312. The van der Waals surface area contributed by atoms with E-state index in [4.69, 9.17) is 11.5 Å². The van der Waals surface area contributed by atoms with Gasteiger partial charge in [0.05, 0.1) is 11.3 Å². The second-order valence-corrected chi connectivity index (χ2v) is 5.80. The summed E-state index contributed by atoms with van der Waals surface area (Å²) in [7, 11) is 0. The zero-order valence-corrected chi connectivity index (χ0v) is 14.4. The van der Waals surface area contributed by atoms with E-state index in [0.717, 1.165) is 32.0 Å². The Morgan fingerprint density at radius 3 is 2.52 bits per heavy atom. The first-order valence-corrected chi connectivity index (χ1v) is 7.47. The molecule has 0 aliphatic carbocycles. The molecule has 1 fully saturated rings. The molecule has 2 rings (SSSR count). The van der Waals surface area contributed by atoms with Gasteiger partial charge in [0.1, 0.15) is 5.82 Å². The Morgan fingerprint density at radius 1 is 1.28 bits per heavy atom. The van der Waals surface area contributed by atoms with Gasteiger partial charge in [-0.15, -0.1) is 12.4 Å². The minimum Gasteiger partial charge on any atom is -0.369 e. The fourth-order valence-corrected chi connectivity index (χ4v) is 2.55. The zero-order chi connectivity index (χ0) is 17.9. The fraction of sp³-hybridized carbons (Fsp3) is 0.467. The maximum atomic E-state index is 13.5. The molecule has 1 aliphatic rings. The Morgan fingerprint density at radius 2 is 1.96 bits per heavy atom. The van der Waals surface area contributed by atoms with E-state index in [-0.39, 0.29) is 30.0 Å². The molecule has 0 aromatic heterocycles. The van der Waals surface area contributed by atoms with Gasteiger partial charge in [-0.1, -0.05) is 6.92 Å². The molecule has 1 atom stereocenters. The van der Waals surface area contributed by atoms with Gasteiger partial charge in [0, 0.05) is 19.2 Å². The average Bonchev–Trinajstić information content (AvgIpc) is 2.45. The van der Waals surface area contributed by atoms with Crippen LogP contribution in [0.3, 0.4) is 0 Å². The summed E-state index contributed by atoms with van der Waals surface area (Å²) in [6.07, 6.45) is -2.66. The van der Waals surface area contributed by atoms with Gasteiger partial charge < -0.3 is 16.4 Å². The molecule has 1 unspecified atom stereocenters. The maximum Gasteiger partial charge on any atom is 0.419 e. The van der Waals surface area contributed by atoms with Crippen molar-refractivity contribution in [1.82, 2.24) is 4.90 Å². The lowest BCUT2D eigenvalue weighted by atomic mass is 10.0. The normalized spacial score (nSPS) is 19.6. The summed E-state index contributed by atoms with van der Waals surface area (Å²) < 4.78 is 51.0. The SMILES string of the molecule is CC1CCCN(C(N)=NC(N)=Nc2ccc(C(F)(F)F)c(F)c2)C1.Cl. The summed E-state index contributed by atoms with van der Waals surface area (Å²) in [5, 5.41) is 0. The molecule has 5 nitrogen and oxygen atoms in total. The smallest absolute Gasteiger partial charge is 0.369 e. The molecule has 1 aromatic rings. The van der Waals surface area contributed by atoms with Crippen LogP contribution in [0.25, 0.3) is 0 Å². The zero-order valence-electron chi connectivity index (χ0n) is 13.6. The Hall–Kier alpha value is -2.03. The predicted octanol–water partition coefficient (Wildman–Crippen LogP) is 3.26. The molecule has 25 heavy (non-hydrogen) atoms. The number of nitrogens with zero attached hydrogens (tertiary/aromatic N) is 3. The van der Waals surface area contributed by atoms with Crippen LogP contribution in [0, 0.1) is 11.7 Å². The first-order valence-electron chi connectivity index (χ1n) is 7.47. The van der Waals surface area contributed by atoms with Crippen molar-refractivity contribution in [1.29, 1.82) is 0 Å². The van der Waals surface area contributed by atoms with Crippen molar-refractivity contribution in [2.75, 3.05) is 13.1 Å². The van der Waals surface area contributed by atoms with E-state index in [2.05, 4.69) is 16.9 Å². The molecule has 1 saturated heterocycles. The summed E-state index contributed by atoms with van der Waals surface area (Å²) in [6, 6.07) is 2.29. The van der Waals surface area contributed by atoms with E-state index in [0.29, 0.717) is 18.1 Å². The van der Waals surface area contributed by atoms with Crippen molar-refractivity contribution in [3.8, 4) is 0 Å². The van der Waals surface area contributed by atoms with Crippen LogP contribution in [0.2, 0.25) is 0 Å². The third kappa shape index (κ3) is 5.77. The van der Waals surface area contributed by atoms with E-state index in [1.807, 2.05) is 4.90 Å². The highest BCUT2D eigenvalue weighted by Crippen LogP contribution is 2.32. The van der Waals surface area contributed by atoms with Gasteiger partial charge in [-0.25, -0.2) is 9.38 Å². The van der Waals surface area contributed by atoms with E-state index >= 15 is 0 Å². The number of rotatable bonds is 1. The summed E-state index contributed by atoms with van der Waals surface area (Å²) >= 11 is 0. The topological polar surface area (TPSA) is 80.0 Å². The van der Waals surface area contributed by atoms with Crippen LogP contribution in [0.15, 0.2) is 28.2 Å². The monoisotopic (exact) mass is 381 g/mol. The number of hydrogen-bond acceptors (Lipinski definition) is 1. The highest BCUT2D eigenvalue weighted by molar-refractivity contribution is 5.94. The number of nitrogens with two attached hydrogens (primary N) is 2. The van der Waals surface area contributed by atoms with Gasteiger partial charge in [0.25, 0.3) is 0 Å². The molecule has 4 N–H and O–H groups in total. The maximum absolute atomic E-state index is 13.5. The molecule has 0 radical (unpaired) electrons. The molecular weight excluding hydrogens is 362 g/mol. The predicted molar refractivity (Wildman–Crippen MR) is 91.5 cm³/mol. The lowest BCUT2D eigenvalue weighted by molar-refractivity contribution is -0.139. The number of guanidine groups is 2. The van der Waals surface area contributed by atoms with Gasteiger partial charge in [0.2, 0.25) is 5.96 Å². The summed E-state index contributed by atoms with van der Waals surface area (Å²) in [5.41, 5.74) is 10.1. The van der Waals surface area contributed by atoms with Crippen molar-refractivity contribution < 1.29 is 17.6 Å². The molecule has 140 valence electrons. The van der Waals surface area contributed by atoms with E-state index in [1.165, 1.54) is 0 Å². The van der Waals surface area contributed by atoms with Crippen molar-refractivity contribution in [3.63, 3.8) is 0 Å². The lowest BCUT2D eigenvalue weighted by Gasteiger charge is -2.31. The third-order valence-electron chi connectivity index (χ3n) is 3.71. The Kier molecular flexibility index (Phi) is 7.04. The molecule has 10 heteroatoms. The van der Waals surface area contributed by atoms with Crippen LogP contribution in [-0.2, 0) is 6.18 Å². The molecule has 1 aliphatic heterocycles. The second-order valence-electron chi connectivity index (χ2n) is 5.80. The minimum atomic E-state index is -4.76. The van der Waals surface area contributed by atoms with Crippen LogP contribution < -0.4 is 11.5 Å². The number of aliphatic imine (C=N–C) groups is 2. The summed E-state index contributed by atoms with van der Waals surface area (Å²) in [6.45, 7) is 3.60. The third-order valence-corrected chi connectivity index (χ3v) is 3.71. The van der Waals surface area contributed by atoms with Crippen molar-refractivity contribution in [2.24, 2.45) is 27.4 Å². The highest BCUT2D eigenvalue weighted by atomic mass is 35.5. The Bertz CT molecular complexity index is 660. The first kappa shape index (κ1) is 21.0. The van der Waals surface area contributed by atoms with Crippen LogP contribution in [0.4, 0.5) is 23.2 Å². The largest absolute Gasteiger partial charge is 0.419 e. The summed E-state index contributed by atoms with van der Waals surface area (Å²) in [5.74, 6) is -0.993. The molecule has 0 saturated carbocycles. The van der Waals surface area contributed by atoms with E-state index < -0.39 is 17.6 Å². The average molecular weight is 382 g/mol. The van der Waals surface area contributed by atoms with E-state index in [9.17, 15) is 17.6 Å². The van der Waals surface area contributed by atoms with Crippen LogP contribution in [-0.4, -0.2) is 29.9 Å². The fourth-order valence-electron chi connectivity index (χ4n) is 2.55. The van der Waals surface area contributed by atoms with Gasteiger partial charge in [-0.3, -0.25) is 0 Å². The molecular formula is C15H20ClF4N5. The molecule has 1 heterocycles. The van der Waals surface area contributed by atoms with Crippen molar-refractivity contribution in [2.45, 2.75) is 25.9 Å². The summed E-state index contributed by atoms with van der Waals surface area (Å²) in [4.78, 5) is 9.59. The Labute approximate surface area is 149 Å². The number of hydrogen-bond donors (Lipinski definition) is 2. The van der Waals surface area contributed by atoms with Crippen molar-refractivity contribution in [3.05, 3.63) is 29.6 Å². The minimum absolute atomic E-state index is 0. The molecule has 1 aromatic carbocycles. The van der Waals surface area contributed by atoms with Crippen LogP contribution in [0.5, 0.6) is 0 Å². The molecule has 0 spiro atoms. The number of piperidine rings is 1. The van der Waals surface area contributed by atoms with Gasteiger partial charge in [-0.05, 0) is 30.9 Å². The number of likely N-dealkylation sites (tertiary alicyclic amines) is 1. The van der Waals surface area contributed by atoms with Gasteiger partial charge in [-0.2, -0.15) is 18.2 Å². The highest BCUT2D eigenvalue weighted by Gasteiger charge is 2.33. The second kappa shape index (κ2) is 8.37. The lowest BCUT2D eigenvalue weighted by Crippen LogP contribution is -2.44. The standard InChI is InChI=1S/C15H19F4N5.ClH/c1-9-3-2-6-24(8-9)14(21)23-13(20)22-10-4-5-11(12(16)7-10)15(17,18)19;/h4-5,7,9H,2-3,6,8H2,1H3,(H4,20,21,22,23);1H. The first-order chi connectivity index (χ1) is 11.2. The van der Waals surface area contributed by atoms with Gasteiger partial charge >= 0.3 is 6.18 Å². The quantitative estimate of drug-likeness (QED) is 0.445. The number of alkyl halides is 3.